The molecule has 2 aromatic heterocycles. The number of fused-ring (bicyclic) bond motifs is 1. The number of aromatic amines is 1. The predicted octanol–water partition coefficient (Wildman–Crippen LogP) is 3.54. The van der Waals surface area contributed by atoms with Gasteiger partial charge in [-0.3, -0.25) is 9.78 Å². The van der Waals surface area contributed by atoms with E-state index in [1.807, 2.05) is 43.0 Å². The fraction of sp³-hybridized carbons (Fsp3) is 0.400. The van der Waals surface area contributed by atoms with E-state index < -0.39 is 12.7 Å². The molecule has 7 heteroatoms. The van der Waals surface area contributed by atoms with E-state index in [0.717, 1.165) is 46.6 Å². The number of carbonyl (C=O) groups is 1. The monoisotopic (exact) mass is 432 g/mol. The summed E-state index contributed by atoms with van der Waals surface area (Å²) in [5.74, 6) is 1.21. The van der Waals surface area contributed by atoms with Gasteiger partial charge in [-0.15, -0.1) is 0 Å². The van der Waals surface area contributed by atoms with Gasteiger partial charge in [-0.2, -0.15) is 0 Å². The minimum absolute atomic E-state index is 0.0506. The number of aliphatic hydroxyl groups is 2. The predicted molar refractivity (Wildman–Crippen MR) is 121 cm³/mol. The number of amides is 1. The molecule has 3 heterocycles. The summed E-state index contributed by atoms with van der Waals surface area (Å²) in [5.41, 5.74) is 6.37. The first-order chi connectivity index (χ1) is 15.4. The summed E-state index contributed by atoms with van der Waals surface area (Å²) in [6.45, 7) is 6.12. The van der Waals surface area contributed by atoms with Crippen molar-refractivity contribution in [1.82, 2.24) is 19.9 Å². The van der Waals surface area contributed by atoms with Crippen molar-refractivity contribution in [1.29, 1.82) is 0 Å². The summed E-state index contributed by atoms with van der Waals surface area (Å²) < 4.78 is 0. The lowest BCUT2D eigenvalue weighted by Gasteiger charge is -2.24. The number of H-pyrrole nitrogens is 1. The van der Waals surface area contributed by atoms with Gasteiger partial charge < -0.3 is 20.1 Å². The Hall–Kier alpha value is -3.03. The van der Waals surface area contributed by atoms with Crippen molar-refractivity contribution in [3.8, 4) is 22.6 Å². The molecule has 1 aliphatic carbocycles. The van der Waals surface area contributed by atoms with Crippen LogP contribution >= 0.6 is 0 Å². The Morgan fingerprint density at radius 2 is 2.00 bits per heavy atom. The third-order valence-corrected chi connectivity index (χ3v) is 6.86. The number of rotatable bonds is 6. The molecule has 0 radical (unpaired) electrons. The molecule has 3 N–H and O–H groups in total. The molecule has 0 saturated heterocycles. The molecule has 5 rings (SSSR count). The van der Waals surface area contributed by atoms with Crippen molar-refractivity contribution in [2.24, 2.45) is 5.92 Å². The number of hydrogen-bond acceptors (Lipinski definition) is 5. The molecular formula is C25H28N4O3. The minimum atomic E-state index is -1.11. The molecule has 1 saturated carbocycles. The normalized spacial score (nSPS) is 17.5. The molecule has 1 aromatic carbocycles. The summed E-state index contributed by atoms with van der Waals surface area (Å²) in [6, 6.07) is 7.88. The van der Waals surface area contributed by atoms with Crippen molar-refractivity contribution < 1.29 is 15.0 Å². The minimum Gasteiger partial charge on any atom is -0.393 e. The van der Waals surface area contributed by atoms with E-state index in [1.54, 1.807) is 6.20 Å². The van der Waals surface area contributed by atoms with Crippen LogP contribution in [0.15, 0.2) is 30.5 Å². The maximum atomic E-state index is 13.2. The summed E-state index contributed by atoms with van der Waals surface area (Å²) in [7, 11) is 0. The van der Waals surface area contributed by atoms with E-state index in [4.69, 9.17) is 0 Å². The van der Waals surface area contributed by atoms with Gasteiger partial charge in [0.25, 0.3) is 5.91 Å². The van der Waals surface area contributed by atoms with Crippen LogP contribution in [0.25, 0.3) is 22.6 Å². The number of imidazole rings is 1. The van der Waals surface area contributed by atoms with Crippen LogP contribution in [0.3, 0.4) is 0 Å². The zero-order valence-corrected chi connectivity index (χ0v) is 18.6. The van der Waals surface area contributed by atoms with Crippen LogP contribution in [0.2, 0.25) is 0 Å². The average Bonchev–Trinajstić information content (AvgIpc) is 3.53. The standard InChI is InChI=1S/C25H28N4O3/c1-13-14(2)28-24(27-13)21-10-17(6-7-26-21)18-8-19-11-29(15(3)16-4-5-16)25(32)23(19)20(9-18)22(31)12-30/h6-10,15-16,22,30-31H,4-5,11-12H2,1-3H3,(H,27,28). The Bertz CT molecular complexity index is 1180. The Balaban J connectivity index is 1.57. The summed E-state index contributed by atoms with van der Waals surface area (Å²) >= 11 is 0. The highest BCUT2D eigenvalue weighted by molar-refractivity contribution is 6.01. The van der Waals surface area contributed by atoms with Gasteiger partial charge in [-0.1, -0.05) is 0 Å². The number of aryl methyl sites for hydroxylation is 2. The first-order valence-corrected chi connectivity index (χ1v) is 11.1. The number of aliphatic hydroxyl groups excluding tert-OH is 2. The third kappa shape index (κ3) is 3.51. The van der Waals surface area contributed by atoms with Crippen LogP contribution < -0.4 is 0 Å². The van der Waals surface area contributed by atoms with E-state index in [-0.39, 0.29) is 11.9 Å². The van der Waals surface area contributed by atoms with Crippen LogP contribution in [-0.4, -0.2) is 48.6 Å². The number of nitrogens with one attached hydrogen (secondary N) is 1. The van der Waals surface area contributed by atoms with Gasteiger partial charge in [0.1, 0.15) is 11.8 Å². The molecule has 7 nitrogen and oxygen atoms in total. The van der Waals surface area contributed by atoms with Gasteiger partial charge in [0.05, 0.1) is 17.9 Å². The van der Waals surface area contributed by atoms with E-state index in [9.17, 15) is 15.0 Å². The molecule has 166 valence electrons. The number of pyridine rings is 1. The van der Waals surface area contributed by atoms with Crippen molar-refractivity contribution >= 4 is 5.91 Å². The number of hydrogen-bond donors (Lipinski definition) is 3. The largest absolute Gasteiger partial charge is 0.393 e. The summed E-state index contributed by atoms with van der Waals surface area (Å²) in [6.07, 6.45) is 2.94. The van der Waals surface area contributed by atoms with Crippen molar-refractivity contribution in [3.05, 3.63) is 58.5 Å². The lowest BCUT2D eigenvalue weighted by atomic mass is 9.93. The smallest absolute Gasteiger partial charge is 0.255 e. The van der Waals surface area contributed by atoms with Crippen LogP contribution in [-0.2, 0) is 6.54 Å². The van der Waals surface area contributed by atoms with E-state index in [2.05, 4.69) is 21.9 Å². The molecule has 3 aromatic rings. The lowest BCUT2D eigenvalue weighted by molar-refractivity contribution is 0.0682. The van der Waals surface area contributed by atoms with E-state index in [1.165, 1.54) is 0 Å². The molecule has 1 fully saturated rings. The molecule has 1 aliphatic heterocycles. The summed E-state index contributed by atoms with van der Waals surface area (Å²) in [5, 5.41) is 20.2. The fourth-order valence-electron chi connectivity index (χ4n) is 4.61. The molecule has 2 atom stereocenters. The third-order valence-electron chi connectivity index (χ3n) is 6.86. The highest BCUT2D eigenvalue weighted by Crippen LogP contribution is 2.41. The quantitative estimate of drug-likeness (QED) is 0.553. The summed E-state index contributed by atoms with van der Waals surface area (Å²) in [4.78, 5) is 27.4. The molecule has 2 aliphatic rings. The van der Waals surface area contributed by atoms with E-state index >= 15 is 0 Å². The van der Waals surface area contributed by atoms with E-state index in [0.29, 0.717) is 29.4 Å². The van der Waals surface area contributed by atoms with Crippen LogP contribution in [0.4, 0.5) is 0 Å². The lowest BCUT2D eigenvalue weighted by Crippen LogP contribution is -2.35. The van der Waals surface area contributed by atoms with Gasteiger partial charge in [-0.05, 0) is 86.1 Å². The number of benzene rings is 1. The van der Waals surface area contributed by atoms with Gasteiger partial charge in [0.15, 0.2) is 5.82 Å². The highest BCUT2D eigenvalue weighted by Gasteiger charge is 2.40. The van der Waals surface area contributed by atoms with Crippen molar-refractivity contribution in [2.75, 3.05) is 6.61 Å². The Morgan fingerprint density at radius 1 is 1.22 bits per heavy atom. The molecule has 32 heavy (non-hydrogen) atoms. The van der Waals surface area contributed by atoms with Crippen LogP contribution in [0, 0.1) is 19.8 Å². The topological polar surface area (TPSA) is 102 Å². The molecule has 0 spiro atoms. The number of aromatic nitrogens is 3. The van der Waals surface area contributed by atoms with Crippen molar-refractivity contribution in [3.63, 3.8) is 0 Å². The second-order valence-corrected chi connectivity index (χ2v) is 9.03. The Morgan fingerprint density at radius 3 is 2.66 bits per heavy atom. The second-order valence-electron chi connectivity index (χ2n) is 9.03. The fourth-order valence-corrected chi connectivity index (χ4v) is 4.61. The maximum absolute atomic E-state index is 13.2. The maximum Gasteiger partial charge on any atom is 0.255 e. The number of carbonyl (C=O) groups excluding carboxylic acids is 1. The molecule has 2 unspecified atom stereocenters. The average molecular weight is 433 g/mol. The first kappa shape index (κ1) is 20.8. The number of nitrogens with zero attached hydrogens (tertiary/aromatic N) is 3. The first-order valence-electron chi connectivity index (χ1n) is 11.1. The Labute approximate surface area is 187 Å². The van der Waals surface area contributed by atoms with Gasteiger partial charge in [0, 0.05) is 24.5 Å². The zero-order valence-electron chi connectivity index (χ0n) is 18.6. The highest BCUT2D eigenvalue weighted by atomic mass is 16.3. The Kier molecular flexibility index (Phi) is 5.10. The van der Waals surface area contributed by atoms with Gasteiger partial charge in [-0.25, -0.2) is 4.98 Å². The van der Waals surface area contributed by atoms with Crippen LogP contribution in [0.5, 0.6) is 0 Å². The SMILES string of the molecule is Cc1nc(-c2cc(-c3cc4c(c(C(O)CO)c3)C(=O)N(C(C)C3CC3)C4)ccn2)[nH]c1C. The zero-order chi connectivity index (χ0) is 22.6. The van der Waals surface area contributed by atoms with Crippen molar-refractivity contribution in [2.45, 2.75) is 52.3 Å². The second kappa shape index (κ2) is 7.83. The molecule has 0 bridgehead atoms. The van der Waals surface area contributed by atoms with Crippen LogP contribution in [0.1, 0.15) is 58.7 Å². The van der Waals surface area contributed by atoms with Gasteiger partial charge in [0.2, 0.25) is 0 Å². The molecular weight excluding hydrogens is 404 g/mol. The van der Waals surface area contributed by atoms with Gasteiger partial charge >= 0.3 is 0 Å². The molecule has 1 amide bonds.